The summed E-state index contributed by atoms with van der Waals surface area (Å²) >= 11 is 0. The third-order valence-corrected chi connectivity index (χ3v) is 6.38. The third-order valence-electron chi connectivity index (χ3n) is 6.38. The lowest BCUT2D eigenvalue weighted by Gasteiger charge is -2.36. The van der Waals surface area contributed by atoms with Gasteiger partial charge in [-0.1, -0.05) is 12.1 Å². The Labute approximate surface area is 212 Å². The van der Waals surface area contributed by atoms with Crippen molar-refractivity contribution >= 4 is 30.3 Å². The first-order valence-electron chi connectivity index (χ1n) is 11.2. The first-order valence-corrected chi connectivity index (χ1v) is 11.2. The number of primary amides is 1. The van der Waals surface area contributed by atoms with Crippen LogP contribution in [0.2, 0.25) is 0 Å². The lowest BCUT2D eigenvalue weighted by Crippen LogP contribution is -2.54. The number of nitrogens with two attached hydrogens (primary N) is 2. The van der Waals surface area contributed by atoms with Crippen LogP contribution in [0.4, 0.5) is 18.0 Å². The fourth-order valence-electron chi connectivity index (χ4n) is 4.61. The van der Waals surface area contributed by atoms with Gasteiger partial charge >= 0.3 is 6.03 Å². The summed E-state index contributed by atoms with van der Waals surface area (Å²) in [6.07, 6.45) is -0.211. The van der Waals surface area contributed by atoms with Gasteiger partial charge in [0.25, 0.3) is 0 Å². The second-order valence-corrected chi connectivity index (χ2v) is 8.94. The van der Waals surface area contributed by atoms with Gasteiger partial charge in [-0.3, -0.25) is 9.59 Å². The summed E-state index contributed by atoms with van der Waals surface area (Å²) in [6.45, 7) is 1.74. The number of halogens is 4. The fourth-order valence-corrected chi connectivity index (χ4v) is 4.61. The minimum Gasteiger partial charge on any atom is -0.366 e. The SMILES string of the molecule is Cl.NC(=O)c1cccc(CN2CC3CN(C(=O)C[C@H](N)Cc4cc(F)c(F)cc4F)CCN3C2=O)c1. The number of hydrogen-bond acceptors (Lipinski definition) is 4. The zero-order chi connectivity index (χ0) is 25.3. The minimum atomic E-state index is -1.28. The van der Waals surface area contributed by atoms with Crippen LogP contribution >= 0.6 is 12.4 Å². The quantitative estimate of drug-likeness (QED) is 0.538. The molecule has 2 saturated heterocycles. The molecule has 194 valence electrons. The average molecular weight is 526 g/mol. The molecule has 2 aromatic rings. The van der Waals surface area contributed by atoms with Crippen LogP contribution in [0.1, 0.15) is 27.9 Å². The zero-order valence-electron chi connectivity index (χ0n) is 19.3. The largest absolute Gasteiger partial charge is 0.366 e. The van der Waals surface area contributed by atoms with Gasteiger partial charge in [0.2, 0.25) is 11.8 Å². The molecule has 12 heteroatoms. The van der Waals surface area contributed by atoms with Crippen molar-refractivity contribution in [2.45, 2.75) is 31.5 Å². The highest BCUT2D eigenvalue weighted by atomic mass is 35.5. The topological polar surface area (TPSA) is 113 Å². The number of urea groups is 1. The van der Waals surface area contributed by atoms with Crippen LogP contribution < -0.4 is 11.5 Å². The van der Waals surface area contributed by atoms with Crippen LogP contribution in [0.5, 0.6) is 0 Å². The number of carbonyl (C=O) groups is 3. The van der Waals surface area contributed by atoms with Crippen LogP contribution in [0.15, 0.2) is 36.4 Å². The maximum Gasteiger partial charge on any atom is 0.320 e. The Kier molecular flexibility index (Phi) is 8.47. The summed E-state index contributed by atoms with van der Waals surface area (Å²) in [5.74, 6) is -4.16. The van der Waals surface area contributed by atoms with Crippen molar-refractivity contribution < 1.29 is 27.6 Å². The van der Waals surface area contributed by atoms with Gasteiger partial charge in [0, 0.05) is 56.8 Å². The predicted molar refractivity (Wildman–Crippen MR) is 128 cm³/mol. The lowest BCUT2D eigenvalue weighted by atomic mass is 10.0. The summed E-state index contributed by atoms with van der Waals surface area (Å²) in [5.41, 5.74) is 12.4. The molecule has 4 rings (SSSR count). The second-order valence-electron chi connectivity index (χ2n) is 8.94. The molecular formula is C24H27ClF3N5O3. The molecule has 2 fully saturated rings. The molecule has 2 aromatic carbocycles. The van der Waals surface area contributed by atoms with Crippen molar-refractivity contribution in [1.82, 2.24) is 14.7 Å². The standard InChI is InChI=1S/C24H26F3N5O3.ClH/c25-19-10-21(27)20(26)8-16(19)7-17(28)9-22(33)30-4-5-32-18(12-30)13-31(24(32)35)11-14-2-1-3-15(6-14)23(29)34;/h1-3,6,8,10,17-18H,4-5,7,9,11-13,28H2,(H2,29,34);1H/t17-,18?;/m1./s1. The van der Waals surface area contributed by atoms with Crippen LogP contribution in [-0.4, -0.2) is 70.8 Å². The molecule has 2 atom stereocenters. The van der Waals surface area contributed by atoms with Crippen LogP contribution in [0.3, 0.4) is 0 Å². The highest BCUT2D eigenvalue weighted by Gasteiger charge is 2.41. The van der Waals surface area contributed by atoms with E-state index in [9.17, 15) is 27.6 Å². The van der Waals surface area contributed by atoms with E-state index in [0.717, 1.165) is 11.6 Å². The van der Waals surface area contributed by atoms with Gasteiger partial charge in [0.1, 0.15) is 5.82 Å². The first kappa shape index (κ1) is 27.3. The van der Waals surface area contributed by atoms with Gasteiger partial charge in [-0.05, 0) is 35.7 Å². The van der Waals surface area contributed by atoms with E-state index in [4.69, 9.17) is 11.5 Å². The van der Waals surface area contributed by atoms with Crippen molar-refractivity contribution in [3.63, 3.8) is 0 Å². The molecule has 0 aromatic heterocycles. The van der Waals surface area contributed by atoms with E-state index >= 15 is 0 Å². The van der Waals surface area contributed by atoms with Crippen molar-refractivity contribution in [1.29, 1.82) is 0 Å². The van der Waals surface area contributed by atoms with Crippen molar-refractivity contribution in [3.05, 3.63) is 70.5 Å². The Morgan fingerprint density at radius 2 is 1.75 bits per heavy atom. The lowest BCUT2D eigenvalue weighted by molar-refractivity contribution is -0.133. The van der Waals surface area contributed by atoms with Crippen LogP contribution in [-0.2, 0) is 17.8 Å². The molecular weight excluding hydrogens is 499 g/mol. The molecule has 0 saturated carbocycles. The number of hydrogen-bond donors (Lipinski definition) is 2. The van der Waals surface area contributed by atoms with Gasteiger partial charge in [-0.15, -0.1) is 12.4 Å². The Hall–Kier alpha value is -3.31. The number of nitrogens with zero attached hydrogens (tertiary/aromatic N) is 3. The van der Waals surface area contributed by atoms with Crippen molar-refractivity contribution in [2.75, 3.05) is 26.2 Å². The summed E-state index contributed by atoms with van der Waals surface area (Å²) in [4.78, 5) is 42.1. The number of piperazine rings is 1. The van der Waals surface area contributed by atoms with E-state index in [1.807, 2.05) is 6.07 Å². The second kappa shape index (κ2) is 11.2. The van der Waals surface area contributed by atoms with E-state index in [-0.39, 0.29) is 48.8 Å². The molecule has 0 radical (unpaired) electrons. The minimum absolute atomic E-state index is 0. The van der Waals surface area contributed by atoms with Crippen molar-refractivity contribution in [3.8, 4) is 0 Å². The summed E-state index contributed by atoms with van der Waals surface area (Å²) in [7, 11) is 0. The Balaban J connectivity index is 0.00000361. The Morgan fingerprint density at radius 3 is 2.47 bits per heavy atom. The highest BCUT2D eigenvalue weighted by molar-refractivity contribution is 5.92. The third kappa shape index (κ3) is 5.90. The molecule has 8 nitrogen and oxygen atoms in total. The molecule has 0 spiro atoms. The number of carbonyl (C=O) groups excluding carboxylic acids is 3. The number of fused-ring (bicyclic) bond motifs is 1. The maximum absolute atomic E-state index is 13.9. The fraction of sp³-hybridized carbons (Fsp3) is 0.375. The molecule has 4 amide bonds. The number of rotatable bonds is 7. The van der Waals surface area contributed by atoms with Gasteiger partial charge in [0.15, 0.2) is 11.6 Å². The van der Waals surface area contributed by atoms with Crippen LogP contribution in [0.25, 0.3) is 0 Å². The molecule has 0 bridgehead atoms. The Bertz CT molecular complexity index is 1170. The predicted octanol–water partition coefficient (Wildman–Crippen LogP) is 2.03. The van der Waals surface area contributed by atoms with Crippen molar-refractivity contribution in [2.24, 2.45) is 11.5 Å². The van der Waals surface area contributed by atoms with E-state index in [1.54, 1.807) is 32.9 Å². The molecule has 4 N–H and O–H groups in total. The molecule has 0 aliphatic carbocycles. The monoisotopic (exact) mass is 525 g/mol. The summed E-state index contributed by atoms with van der Waals surface area (Å²) in [6, 6.07) is 6.88. The van der Waals surface area contributed by atoms with E-state index in [2.05, 4.69) is 0 Å². The summed E-state index contributed by atoms with van der Waals surface area (Å²) < 4.78 is 40.5. The average Bonchev–Trinajstić information content (AvgIpc) is 3.12. The molecule has 1 unspecified atom stereocenters. The maximum atomic E-state index is 13.9. The Morgan fingerprint density at radius 1 is 1.03 bits per heavy atom. The van der Waals surface area contributed by atoms with Gasteiger partial charge in [0.05, 0.1) is 6.04 Å². The zero-order valence-corrected chi connectivity index (χ0v) is 20.1. The first-order chi connectivity index (χ1) is 16.6. The molecule has 2 heterocycles. The van der Waals surface area contributed by atoms with Gasteiger partial charge in [-0.25, -0.2) is 18.0 Å². The van der Waals surface area contributed by atoms with Crippen LogP contribution in [0, 0.1) is 17.5 Å². The van der Waals surface area contributed by atoms with Gasteiger partial charge in [-0.2, -0.15) is 0 Å². The number of amides is 4. The van der Waals surface area contributed by atoms with E-state index < -0.39 is 29.4 Å². The van der Waals surface area contributed by atoms with E-state index in [0.29, 0.717) is 44.4 Å². The summed E-state index contributed by atoms with van der Waals surface area (Å²) in [5, 5.41) is 0. The van der Waals surface area contributed by atoms with E-state index in [1.165, 1.54) is 0 Å². The molecule has 36 heavy (non-hydrogen) atoms. The normalized spacial score (nSPS) is 18.1. The highest BCUT2D eigenvalue weighted by Crippen LogP contribution is 2.24. The number of benzene rings is 2. The molecule has 2 aliphatic rings. The van der Waals surface area contributed by atoms with Gasteiger partial charge < -0.3 is 26.2 Å². The molecule has 2 aliphatic heterocycles. The smallest absolute Gasteiger partial charge is 0.320 e.